The van der Waals surface area contributed by atoms with Gasteiger partial charge in [-0.2, -0.15) is 0 Å². The van der Waals surface area contributed by atoms with Crippen molar-refractivity contribution in [1.82, 2.24) is 4.90 Å². The van der Waals surface area contributed by atoms with E-state index in [0.29, 0.717) is 18.8 Å². The van der Waals surface area contributed by atoms with Crippen LogP contribution in [0.1, 0.15) is 13.8 Å². The van der Waals surface area contributed by atoms with Crippen LogP contribution in [-0.4, -0.2) is 36.2 Å². The van der Waals surface area contributed by atoms with Crippen molar-refractivity contribution in [1.29, 1.82) is 0 Å². The highest BCUT2D eigenvalue weighted by molar-refractivity contribution is 6.31. The van der Waals surface area contributed by atoms with E-state index in [1.165, 1.54) is 18.2 Å². The lowest BCUT2D eigenvalue weighted by atomic mass is 10.2. The second-order valence-corrected chi connectivity index (χ2v) is 5.13. The molecule has 1 saturated heterocycles. The predicted octanol–water partition coefficient (Wildman–Crippen LogP) is 3.12. The maximum absolute atomic E-state index is 13.0. The molecule has 0 aromatic heterocycles. The minimum absolute atomic E-state index is 0.00584. The Bertz CT molecular complexity index is 474. The number of carbonyl (C=O) groups excluding carboxylic acids is 1. The summed E-state index contributed by atoms with van der Waals surface area (Å²) in [5.41, 5.74) is 0.475. The third-order valence-electron chi connectivity index (χ3n) is 2.88. The zero-order chi connectivity index (χ0) is 14.0. The second kappa shape index (κ2) is 5.75. The Morgan fingerprint density at radius 3 is 2.63 bits per heavy atom. The van der Waals surface area contributed by atoms with Crippen LogP contribution in [0.15, 0.2) is 18.2 Å². The third kappa shape index (κ3) is 3.58. The van der Waals surface area contributed by atoms with E-state index in [2.05, 4.69) is 5.32 Å². The molecule has 0 radical (unpaired) electrons. The molecule has 0 unspecified atom stereocenters. The van der Waals surface area contributed by atoms with Crippen LogP contribution in [0, 0.1) is 5.82 Å². The largest absolute Gasteiger partial charge is 0.372 e. The summed E-state index contributed by atoms with van der Waals surface area (Å²) >= 11 is 5.67. The Kier molecular flexibility index (Phi) is 4.27. The molecule has 0 spiro atoms. The molecule has 0 bridgehead atoms. The van der Waals surface area contributed by atoms with Crippen molar-refractivity contribution in [3.05, 3.63) is 29.0 Å². The van der Waals surface area contributed by atoms with E-state index >= 15 is 0 Å². The third-order valence-corrected chi connectivity index (χ3v) is 3.17. The Morgan fingerprint density at radius 2 is 2.05 bits per heavy atom. The first-order valence-corrected chi connectivity index (χ1v) is 6.50. The molecule has 1 fully saturated rings. The molecule has 2 amide bonds. The minimum Gasteiger partial charge on any atom is -0.372 e. The highest BCUT2D eigenvalue weighted by atomic mass is 35.5. The number of urea groups is 1. The molecular formula is C13H16ClFN2O2. The number of nitrogens with one attached hydrogen (secondary N) is 1. The fourth-order valence-corrected chi connectivity index (χ4v) is 2.30. The Balaban J connectivity index is 2.02. The quantitative estimate of drug-likeness (QED) is 0.862. The number of amides is 2. The first-order chi connectivity index (χ1) is 8.95. The van der Waals surface area contributed by atoms with Crippen LogP contribution in [-0.2, 0) is 4.74 Å². The van der Waals surface area contributed by atoms with Crippen molar-refractivity contribution in [3.63, 3.8) is 0 Å². The molecule has 0 saturated carbocycles. The van der Waals surface area contributed by atoms with E-state index < -0.39 is 5.82 Å². The number of morpholine rings is 1. The maximum atomic E-state index is 13.0. The molecule has 1 heterocycles. The lowest BCUT2D eigenvalue weighted by molar-refractivity contribution is -0.0530. The Hall–Kier alpha value is -1.33. The zero-order valence-electron chi connectivity index (χ0n) is 10.8. The average Bonchev–Trinajstić information content (AvgIpc) is 2.32. The first kappa shape index (κ1) is 14.1. The molecule has 6 heteroatoms. The van der Waals surface area contributed by atoms with E-state index in [9.17, 15) is 9.18 Å². The average molecular weight is 287 g/mol. The van der Waals surface area contributed by atoms with Crippen LogP contribution in [0.25, 0.3) is 0 Å². The zero-order valence-corrected chi connectivity index (χ0v) is 11.6. The van der Waals surface area contributed by atoms with E-state index in [1.54, 1.807) is 4.90 Å². The number of rotatable bonds is 1. The van der Waals surface area contributed by atoms with E-state index in [0.717, 1.165) is 0 Å². The first-order valence-electron chi connectivity index (χ1n) is 6.12. The van der Waals surface area contributed by atoms with Crippen molar-refractivity contribution >= 4 is 23.3 Å². The summed E-state index contributed by atoms with van der Waals surface area (Å²) < 4.78 is 18.6. The number of ether oxygens (including phenoxy) is 1. The van der Waals surface area contributed by atoms with Gasteiger partial charge in [-0.05, 0) is 32.0 Å². The highest BCUT2D eigenvalue weighted by Crippen LogP contribution is 2.20. The van der Waals surface area contributed by atoms with Crippen LogP contribution in [0.4, 0.5) is 14.9 Å². The van der Waals surface area contributed by atoms with E-state index in [4.69, 9.17) is 16.3 Å². The molecule has 1 aromatic rings. The molecule has 4 nitrogen and oxygen atoms in total. The summed E-state index contributed by atoms with van der Waals surface area (Å²) in [5.74, 6) is -0.506. The molecular weight excluding hydrogens is 271 g/mol. The van der Waals surface area contributed by atoms with Crippen LogP contribution in [0.3, 0.4) is 0 Å². The van der Waals surface area contributed by atoms with Gasteiger partial charge in [0.05, 0.1) is 17.2 Å². The van der Waals surface area contributed by atoms with E-state index in [1.807, 2.05) is 13.8 Å². The standard InChI is InChI=1S/C13H16ClFN2O2/c1-8-6-17(7-9(2)19-8)13(18)16-10-3-4-12(15)11(14)5-10/h3-5,8-9H,6-7H2,1-2H3,(H,16,18)/t8-,9+. The van der Waals surface area contributed by atoms with Crippen LogP contribution >= 0.6 is 11.6 Å². The number of hydrogen-bond donors (Lipinski definition) is 1. The fourth-order valence-electron chi connectivity index (χ4n) is 2.12. The molecule has 19 heavy (non-hydrogen) atoms. The maximum Gasteiger partial charge on any atom is 0.322 e. The monoisotopic (exact) mass is 286 g/mol. The van der Waals surface area contributed by atoms with Gasteiger partial charge in [0, 0.05) is 18.8 Å². The van der Waals surface area contributed by atoms with E-state index in [-0.39, 0.29) is 23.3 Å². The summed E-state index contributed by atoms with van der Waals surface area (Å²) in [7, 11) is 0. The van der Waals surface area contributed by atoms with Crippen LogP contribution in [0.2, 0.25) is 5.02 Å². The van der Waals surface area contributed by atoms with Crippen molar-refractivity contribution in [3.8, 4) is 0 Å². The van der Waals surface area contributed by atoms with Gasteiger partial charge >= 0.3 is 6.03 Å². The molecule has 2 atom stereocenters. The summed E-state index contributed by atoms with van der Waals surface area (Å²) in [5, 5.41) is 2.69. The molecule has 1 aliphatic rings. The van der Waals surface area contributed by atoms with Crippen molar-refractivity contribution < 1.29 is 13.9 Å². The summed E-state index contributed by atoms with van der Waals surface area (Å²) in [6.45, 7) is 4.91. The number of halogens is 2. The molecule has 104 valence electrons. The normalized spacial score (nSPS) is 23.3. The smallest absolute Gasteiger partial charge is 0.322 e. The SMILES string of the molecule is C[C@@H]1CN(C(=O)Nc2ccc(F)c(Cl)c2)C[C@H](C)O1. The van der Waals surface area contributed by atoms with Crippen LogP contribution in [0.5, 0.6) is 0 Å². The summed E-state index contributed by atoms with van der Waals surface area (Å²) in [6, 6.07) is 3.86. The van der Waals surface area contributed by atoms with Gasteiger partial charge < -0.3 is 15.0 Å². The van der Waals surface area contributed by atoms with Crippen LogP contribution < -0.4 is 5.32 Å². The van der Waals surface area contributed by atoms with Crippen molar-refractivity contribution in [2.24, 2.45) is 0 Å². The molecule has 1 aliphatic heterocycles. The van der Waals surface area contributed by atoms with Gasteiger partial charge in [0.2, 0.25) is 0 Å². The summed E-state index contributed by atoms with van der Waals surface area (Å²) in [6.07, 6.45) is 0.0117. The van der Waals surface area contributed by atoms with Gasteiger partial charge in [0.15, 0.2) is 0 Å². The molecule has 1 aromatic carbocycles. The molecule has 0 aliphatic carbocycles. The molecule has 2 rings (SSSR count). The number of hydrogen-bond acceptors (Lipinski definition) is 2. The minimum atomic E-state index is -0.506. The van der Waals surface area contributed by atoms with Gasteiger partial charge in [0.25, 0.3) is 0 Å². The van der Waals surface area contributed by atoms with Gasteiger partial charge in [-0.15, -0.1) is 0 Å². The topological polar surface area (TPSA) is 41.6 Å². The number of benzene rings is 1. The number of carbonyl (C=O) groups is 1. The van der Waals surface area contributed by atoms with Crippen molar-refractivity contribution in [2.75, 3.05) is 18.4 Å². The van der Waals surface area contributed by atoms with Gasteiger partial charge in [-0.3, -0.25) is 0 Å². The Morgan fingerprint density at radius 1 is 1.42 bits per heavy atom. The number of nitrogens with zero attached hydrogens (tertiary/aromatic N) is 1. The summed E-state index contributed by atoms with van der Waals surface area (Å²) in [4.78, 5) is 13.8. The highest BCUT2D eigenvalue weighted by Gasteiger charge is 2.25. The second-order valence-electron chi connectivity index (χ2n) is 4.72. The van der Waals surface area contributed by atoms with Crippen molar-refractivity contribution in [2.45, 2.75) is 26.1 Å². The van der Waals surface area contributed by atoms with Gasteiger partial charge in [0.1, 0.15) is 5.82 Å². The Labute approximate surface area is 116 Å². The van der Waals surface area contributed by atoms with Gasteiger partial charge in [-0.25, -0.2) is 9.18 Å². The molecule has 1 N–H and O–H groups in total. The fraction of sp³-hybridized carbons (Fsp3) is 0.462. The number of anilines is 1. The van der Waals surface area contributed by atoms with Gasteiger partial charge in [-0.1, -0.05) is 11.6 Å². The predicted molar refractivity (Wildman–Crippen MR) is 72.0 cm³/mol. The lowest BCUT2D eigenvalue weighted by Gasteiger charge is -2.35. The lowest BCUT2D eigenvalue weighted by Crippen LogP contribution is -2.49.